The second-order valence-corrected chi connectivity index (χ2v) is 3.42. The Morgan fingerprint density at radius 2 is 2.08 bits per heavy atom. The molecule has 1 aliphatic carbocycles. The van der Waals surface area contributed by atoms with Gasteiger partial charge in [-0.2, -0.15) is 5.26 Å². The van der Waals surface area contributed by atoms with Crippen molar-refractivity contribution in [2.45, 2.75) is 25.7 Å². The Labute approximate surface area is 77.7 Å². The average Bonchev–Trinajstić information content (AvgIpc) is 2.08. The third-order valence-electron chi connectivity index (χ3n) is 2.50. The van der Waals surface area contributed by atoms with Crippen molar-refractivity contribution in [2.75, 3.05) is 0 Å². The summed E-state index contributed by atoms with van der Waals surface area (Å²) in [6.07, 6.45) is 6.38. The summed E-state index contributed by atoms with van der Waals surface area (Å²) in [5.74, 6) is -0.364. The molecule has 0 radical (unpaired) electrons. The maximum absolute atomic E-state index is 10.5. The highest BCUT2D eigenvalue weighted by Gasteiger charge is 2.24. The molecular formula is C10H13NO2. The minimum absolute atomic E-state index is 0.155. The lowest BCUT2D eigenvalue weighted by Gasteiger charge is -2.24. The van der Waals surface area contributed by atoms with E-state index in [1.807, 2.05) is 12.2 Å². The van der Waals surface area contributed by atoms with Gasteiger partial charge in [-0.05, 0) is 24.7 Å². The number of carbonyl (C=O) groups is 1. The van der Waals surface area contributed by atoms with Gasteiger partial charge in [0.2, 0.25) is 0 Å². The van der Waals surface area contributed by atoms with Gasteiger partial charge in [-0.25, -0.2) is 0 Å². The molecule has 0 aliphatic heterocycles. The van der Waals surface area contributed by atoms with E-state index in [2.05, 4.69) is 6.07 Å². The van der Waals surface area contributed by atoms with Crippen LogP contribution in [-0.4, -0.2) is 11.1 Å². The van der Waals surface area contributed by atoms with Gasteiger partial charge >= 0.3 is 5.97 Å². The summed E-state index contributed by atoms with van der Waals surface area (Å²) in [6.45, 7) is 0. The minimum Gasteiger partial charge on any atom is -0.481 e. The standard InChI is InChI=1S/C10H13NO2/c11-6-5-8-3-1-2-4-9(8)7-10(12)13/h1-2,8-9H,3-5,7H2,(H,12,13). The molecule has 2 unspecified atom stereocenters. The van der Waals surface area contributed by atoms with E-state index in [1.165, 1.54) is 0 Å². The lowest BCUT2D eigenvalue weighted by Crippen LogP contribution is -2.19. The zero-order chi connectivity index (χ0) is 9.68. The zero-order valence-electron chi connectivity index (χ0n) is 7.44. The SMILES string of the molecule is N#CCC1CC=CCC1CC(=O)O. The van der Waals surface area contributed by atoms with Crippen LogP contribution in [0.5, 0.6) is 0 Å². The van der Waals surface area contributed by atoms with E-state index >= 15 is 0 Å². The number of nitrogens with zero attached hydrogens (tertiary/aromatic N) is 1. The highest BCUT2D eigenvalue weighted by atomic mass is 16.4. The summed E-state index contributed by atoms with van der Waals surface area (Å²) < 4.78 is 0. The van der Waals surface area contributed by atoms with E-state index in [0.717, 1.165) is 12.8 Å². The molecule has 1 N–H and O–H groups in total. The van der Waals surface area contributed by atoms with Gasteiger partial charge < -0.3 is 5.11 Å². The zero-order valence-corrected chi connectivity index (χ0v) is 7.44. The molecule has 1 rings (SSSR count). The molecular weight excluding hydrogens is 166 g/mol. The van der Waals surface area contributed by atoms with Crippen LogP contribution < -0.4 is 0 Å². The van der Waals surface area contributed by atoms with Gasteiger partial charge in [-0.15, -0.1) is 0 Å². The number of hydrogen-bond donors (Lipinski definition) is 1. The van der Waals surface area contributed by atoms with Crippen molar-refractivity contribution in [2.24, 2.45) is 11.8 Å². The molecule has 0 fully saturated rings. The van der Waals surface area contributed by atoms with Crippen LogP contribution in [0.4, 0.5) is 0 Å². The second kappa shape index (κ2) is 4.66. The molecule has 0 amide bonds. The fourth-order valence-corrected chi connectivity index (χ4v) is 1.77. The van der Waals surface area contributed by atoms with E-state index in [0.29, 0.717) is 6.42 Å². The Hall–Kier alpha value is -1.30. The molecule has 0 bridgehead atoms. The van der Waals surface area contributed by atoms with Crippen LogP contribution in [0.3, 0.4) is 0 Å². The average molecular weight is 179 g/mol. The van der Waals surface area contributed by atoms with Crippen molar-refractivity contribution in [3.63, 3.8) is 0 Å². The van der Waals surface area contributed by atoms with Gasteiger partial charge in [0.05, 0.1) is 6.07 Å². The second-order valence-electron chi connectivity index (χ2n) is 3.42. The van der Waals surface area contributed by atoms with Crippen molar-refractivity contribution in [3.8, 4) is 6.07 Å². The molecule has 2 atom stereocenters. The Balaban J connectivity index is 2.54. The number of rotatable bonds is 3. The lowest BCUT2D eigenvalue weighted by molar-refractivity contribution is -0.138. The van der Waals surface area contributed by atoms with Gasteiger partial charge in [-0.3, -0.25) is 4.79 Å². The van der Waals surface area contributed by atoms with Crippen LogP contribution in [-0.2, 0) is 4.79 Å². The quantitative estimate of drug-likeness (QED) is 0.673. The number of aliphatic carboxylic acids is 1. The maximum atomic E-state index is 10.5. The molecule has 1 aliphatic rings. The summed E-state index contributed by atoms with van der Waals surface area (Å²) >= 11 is 0. The number of carboxylic acids is 1. The van der Waals surface area contributed by atoms with E-state index in [1.54, 1.807) is 0 Å². The van der Waals surface area contributed by atoms with Crippen LogP contribution in [0.2, 0.25) is 0 Å². The van der Waals surface area contributed by atoms with Crippen molar-refractivity contribution < 1.29 is 9.90 Å². The Bertz CT molecular complexity index is 252. The molecule has 70 valence electrons. The van der Waals surface area contributed by atoms with E-state index in [9.17, 15) is 4.79 Å². The third-order valence-corrected chi connectivity index (χ3v) is 2.50. The molecule has 0 aromatic heterocycles. The van der Waals surface area contributed by atoms with E-state index < -0.39 is 5.97 Å². The van der Waals surface area contributed by atoms with E-state index in [-0.39, 0.29) is 18.3 Å². The largest absolute Gasteiger partial charge is 0.481 e. The normalized spacial score (nSPS) is 26.7. The molecule has 0 saturated heterocycles. The lowest BCUT2D eigenvalue weighted by atomic mass is 9.79. The number of hydrogen-bond acceptors (Lipinski definition) is 2. The topological polar surface area (TPSA) is 61.1 Å². The fourth-order valence-electron chi connectivity index (χ4n) is 1.77. The highest BCUT2D eigenvalue weighted by Crippen LogP contribution is 2.30. The molecule has 0 aromatic rings. The first-order chi connectivity index (χ1) is 6.24. The van der Waals surface area contributed by atoms with Crippen LogP contribution in [0.25, 0.3) is 0 Å². The molecule has 0 spiro atoms. The van der Waals surface area contributed by atoms with Gasteiger partial charge in [0.15, 0.2) is 0 Å². The summed E-state index contributed by atoms with van der Waals surface area (Å²) in [6, 6.07) is 2.11. The molecule has 0 heterocycles. The summed E-state index contributed by atoms with van der Waals surface area (Å²) in [4.78, 5) is 10.5. The Morgan fingerprint density at radius 1 is 1.46 bits per heavy atom. The summed E-state index contributed by atoms with van der Waals surface area (Å²) in [5, 5.41) is 17.2. The van der Waals surface area contributed by atoms with Gasteiger partial charge in [0, 0.05) is 12.8 Å². The van der Waals surface area contributed by atoms with Crippen LogP contribution >= 0.6 is 0 Å². The molecule has 3 nitrogen and oxygen atoms in total. The molecule has 0 aromatic carbocycles. The third kappa shape index (κ3) is 2.90. The Morgan fingerprint density at radius 3 is 2.62 bits per heavy atom. The minimum atomic E-state index is -0.761. The predicted octanol–water partition coefficient (Wildman–Crippen LogP) is 1.96. The van der Waals surface area contributed by atoms with E-state index in [4.69, 9.17) is 10.4 Å². The number of allylic oxidation sites excluding steroid dienone is 2. The number of carboxylic acid groups (broad SMARTS) is 1. The molecule has 13 heavy (non-hydrogen) atoms. The summed E-state index contributed by atoms with van der Waals surface area (Å²) in [7, 11) is 0. The van der Waals surface area contributed by atoms with Crippen LogP contribution in [0.15, 0.2) is 12.2 Å². The highest BCUT2D eigenvalue weighted by molar-refractivity contribution is 5.67. The van der Waals surface area contributed by atoms with Gasteiger partial charge in [0.1, 0.15) is 0 Å². The fraction of sp³-hybridized carbons (Fsp3) is 0.600. The van der Waals surface area contributed by atoms with Gasteiger partial charge in [-0.1, -0.05) is 12.2 Å². The predicted molar refractivity (Wildman–Crippen MR) is 47.8 cm³/mol. The first-order valence-corrected chi connectivity index (χ1v) is 4.47. The Kier molecular flexibility index (Phi) is 3.51. The number of nitriles is 1. The monoisotopic (exact) mass is 179 g/mol. The smallest absolute Gasteiger partial charge is 0.303 e. The van der Waals surface area contributed by atoms with Gasteiger partial charge in [0.25, 0.3) is 0 Å². The van der Waals surface area contributed by atoms with Crippen molar-refractivity contribution in [1.82, 2.24) is 0 Å². The summed E-state index contributed by atoms with van der Waals surface area (Å²) in [5.41, 5.74) is 0. The first-order valence-electron chi connectivity index (χ1n) is 4.47. The molecule has 0 saturated carbocycles. The van der Waals surface area contributed by atoms with Crippen molar-refractivity contribution >= 4 is 5.97 Å². The van der Waals surface area contributed by atoms with Crippen molar-refractivity contribution in [3.05, 3.63) is 12.2 Å². The van der Waals surface area contributed by atoms with Crippen LogP contribution in [0.1, 0.15) is 25.7 Å². The first kappa shape index (κ1) is 9.79. The van der Waals surface area contributed by atoms with Crippen molar-refractivity contribution in [1.29, 1.82) is 5.26 Å². The van der Waals surface area contributed by atoms with Crippen LogP contribution in [0, 0.1) is 23.2 Å². The molecule has 3 heteroatoms. The maximum Gasteiger partial charge on any atom is 0.303 e.